The molecule has 24 heavy (non-hydrogen) atoms. The van der Waals surface area contributed by atoms with Gasteiger partial charge in [0.25, 0.3) is 0 Å². The molecule has 2 aromatic carbocycles. The molecule has 1 atom stereocenters. The fraction of sp³-hybridized carbons (Fsp3) is 0.250. The van der Waals surface area contributed by atoms with E-state index in [1.807, 2.05) is 36.4 Å². The molecule has 0 aliphatic carbocycles. The van der Waals surface area contributed by atoms with Crippen molar-refractivity contribution >= 4 is 35.3 Å². The number of benzene rings is 2. The van der Waals surface area contributed by atoms with E-state index >= 15 is 0 Å². The van der Waals surface area contributed by atoms with Crippen molar-refractivity contribution in [2.45, 2.75) is 30.8 Å². The van der Waals surface area contributed by atoms with E-state index in [-0.39, 0.29) is 11.2 Å². The maximum Gasteiger partial charge on any atom is 0.324 e. The van der Waals surface area contributed by atoms with Crippen molar-refractivity contribution < 1.29 is 9.53 Å². The lowest BCUT2D eigenvalue weighted by atomic mass is 10.2. The minimum absolute atomic E-state index is 0.0965. The van der Waals surface area contributed by atoms with Crippen LogP contribution in [0.3, 0.4) is 0 Å². The van der Waals surface area contributed by atoms with E-state index in [2.05, 4.69) is 31.2 Å². The topological polar surface area (TPSA) is 26.3 Å². The summed E-state index contributed by atoms with van der Waals surface area (Å²) in [6, 6.07) is 20.3. The minimum atomic E-state index is -0.121. The third-order valence-electron chi connectivity index (χ3n) is 3.70. The molecule has 0 aromatic heterocycles. The lowest BCUT2D eigenvalue weighted by Gasteiger charge is -2.25. The number of hydrogen-bond donors (Lipinski definition) is 0. The Morgan fingerprint density at radius 3 is 2.38 bits per heavy atom. The third kappa shape index (κ3) is 4.25. The van der Waals surface area contributed by atoms with Gasteiger partial charge in [-0.3, -0.25) is 4.79 Å². The Morgan fingerprint density at radius 1 is 1.04 bits per heavy atom. The predicted octanol–water partition coefficient (Wildman–Crippen LogP) is 5.70. The number of carbonyl (C=O) groups is 1. The molecule has 1 aliphatic rings. The molecule has 0 amide bonds. The summed E-state index contributed by atoms with van der Waals surface area (Å²) in [5.74, 6) is 1.46. The van der Waals surface area contributed by atoms with Gasteiger partial charge in [0.05, 0.1) is 4.24 Å². The summed E-state index contributed by atoms with van der Waals surface area (Å²) in [6.07, 6.45) is 1.82. The summed E-state index contributed by atoms with van der Waals surface area (Å²) in [7, 11) is 0. The third-order valence-corrected chi connectivity index (χ3v) is 6.38. The Kier molecular flexibility index (Phi) is 6.05. The summed E-state index contributed by atoms with van der Waals surface area (Å²) in [6.45, 7) is 2.10. The van der Waals surface area contributed by atoms with Crippen molar-refractivity contribution in [3.8, 4) is 0 Å². The van der Waals surface area contributed by atoms with Crippen LogP contribution in [0, 0.1) is 0 Å². The van der Waals surface area contributed by atoms with Gasteiger partial charge >= 0.3 is 5.97 Å². The van der Waals surface area contributed by atoms with Gasteiger partial charge in [-0.2, -0.15) is 0 Å². The quantitative estimate of drug-likeness (QED) is 0.620. The highest BCUT2D eigenvalue weighted by atomic mass is 32.2. The van der Waals surface area contributed by atoms with Crippen LogP contribution in [0.5, 0.6) is 0 Å². The molecule has 124 valence electrons. The molecule has 3 rings (SSSR count). The van der Waals surface area contributed by atoms with Crippen molar-refractivity contribution in [1.82, 2.24) is 0 Å². The summed E-state index contributed by atoms with van der Waals surface area (Å²) in [4.78, 5) is 12.3. The molecule has 0 fully saturated rings. The van der Waals surface area contributed by atoms with Crippen LogP contribution in [-0.4, -0.2) is 11.2 Å². The number of hydrogen-bond acceptors (Lipinski definition) is 4. The SMILES string of the molecule is CCCC1SC(SCc2ccccc2)=C(c2ccccc2)OC1=O. The number of thioether (sulfide) groups is 2. The standard InChI is InChI=1S/C20H20O2S2/c1-2-9-17-19(21)22-18(16-12-7-4-8-13-16)20(24-17)23-14-15-10-5-3-6-11-15/h3-8,10-13,17H,2,9,14H2,1H3. The Hall–Kier alpha value is -1.65. The van der Waals surface area contributed by atoms with Crippen LogP contribution in [-0.2, 0) is 15.3 Å². The molecule has 0 bridgehead atoms. The van der Waals surface area contributed by atoms with E-state index in [0.717, 1.165) is 28.4 Å². The van der Waals surface area contributed by atoms with Crippen LogP contribution >= 0.6 is 23.5 Å². The smallest absolute Gasteiger partial charge is 0.324 e. The van der Waals surface area contributed by atoms with Crippen molar-refractivity contribution in [2.75, 3.05) is 0 Å². The first kappa shape index (κ1) is 17.2. The van der Waals surface area contributed by atoms with Gasteiger partial charge in [0, 0.05) is 11.3 Å². The number of ether oxygens (including phenoxy) is 1. The molecule has 0 saturated carbocycles. The van der Waals surface area contributed by atoms with Crippen molar-refractivity contribution in [2.24, 2.45) is 0 Å². The molecule has 0 saturated heterocycles. The molecule has 1 unspecified atom stereocenters. The zero-order valence-corrected chi connectivity index (χ0v) is 15.2. The Bertz CT molecular complexity index is 711. The molecular formula is C20H20O2S2. The highest BCUT2D eigenvalue weighted by Crippen LogP contribution is 2.45. The molecule has 1 heterocycles. The molecule has 4 heteroatoms. The van der Waals surface area contributed by atoms with E-state index in [9.17, 15) is 4.79 Å². The van der Waals surface area contributed by atoms with Crippen LogP contribution < -0.4 is 0 Å². The van der Waals surface area contributed by atoms with Gasteiger partial charge in [-0.25, -0.2) is 0 Å². The molecule has 0 spiro atoms. The van der Waals surface area contributed by atoms with E-state index in [1.165, 1.54) is 5.56 Å². The van der Waals surface area contributed by atoms with Crippen LogP contribution in [0.25, 0.3) is 5.76 Å². The fourth-order valence-electron chi connectivity index (χ4n) is 2.47. The zero-order valence-electron chi connectivity index (χ0n) is 13.6. The monoisotopic (exact) mass is 356 g/mol. The second-order valence-electron chi connectivity index (χ2n) is 5.57. The van der Waals surface area contributed by atoms with E-state index < -0.39 is 0 Å². The van der Waals surface area contributed by atoms with Crippen LogP contribution in [0.1, 0.15) is 30.9 Å². The molecule has 1 aliphatic heterocycles. The van der Waals surface area contributed by atoms with E-state index in [4.69, 9.17) is 4.74 Å². The van der Waals surface area contributed by atoms with Crippen molar-refractivity contribution in [3.05, 3.63) is 76.0 Å². The van der Waals surface area contributed by atoms with Crippen LogP contribution in [0.4, 0.5) is 0 Å². The number of esters is 1. The first-order valence-electron chi connectivity index (χ1n) is 8.12. The summed E-state index contributed by atoms with van der Waals surface area (Å²) >= 11 is 3.40. The number of carbonyl (C=O) groups excluding carboxylic acids is 1. The lowest BCUT2D eigenvalue weighted by Crippen LogP contribution is -2.23. The van der Waals surface area contributed by atoms with E-state index in [0.29, 0.717) is 5.76 Å². The van der Waals surface area contributed by atoms with Crippen molar-refractivity contribution in [1.29, 1.82) is 0 Å². The average Bonchev–Trinajstić information content (AvgIpc) is 2.63. The Labute approximate surface area is 151 Å². The highest BCUT2D eigenvalue weighted by molar-refractivity contribution is 8.22. The zero-order chi connectivity index (χ0) is 16.8. The van der Waals surface area contributed by atoms with Crippen LogP contribution in [0.2, 0.25) is 0 Å². The van der Waals surface area contributed by atoms with Crippen molar-refractivity contribution in [3.63, 3.8) is 0 Å². The minimum Gasteiger partial charge on any atom is -0.423 e. The van der Waals surface area contributed by atoms with Crippen LogP contribution in [0.15, 0.2) is 64.9 Å². The molecule has 2 nitrogen and oxygen atoms in total. The molecule has 2 aromatic rings. The fourth-order valence-corrected chi connectivity index (χ4v) is 5.07. The lowest BCUT2D eigenvalue weighted by molar-refractivity contribution is -0.136. The van der Waals surface area contributed by atoms with Gasteiger partial charge in [0.1, 0.15) is 5.25 Å². The molecule has 0 radical (unpaired) electrons. The molecule has 0 N–H and O–H groups in total. The molecular weight excluding hydrogens is 336 g/mol. The average molecular weight is 357 g/mol. The van der Waals surface area contributed by atoms with Gasteiger partial charge in [-0.15, -0.1) is 23.5 Å². The normalized spacial score (nSPS) is 17.7. The van der Waals surface area contributed by atoms with Gasteiger partial charge in [-0.1, -0.05) is 74.0 Å². The first-order chi connectivity index (χ1) is 11.8. The van der Waals surface area contributed by atoms with Gasteiger partial charge in [0.15, 0.2) is 5.76 Å². The van der Waals surface area contributed by atoms with Gasteiger partial charge in [0.2, 0.25) is 0 Å². The maximum atomic E-state index is 12.3. The first-order valence-corrected chi connectivity index (χ1v) is 9.99. The highest BCUT2D eigenvalue weighted by Gasteiger charge is 2.31. The predicted molar refractivity (Wildman–Crippen MR) is 103 cm³/mol. The number of cyclic esters (lactones) is 1. The van der Waals surface area contributed by atoms with Gasteiger partial charge < -0.3 is 4.74 Å². The second-order valence-corrected chi connectivity index (χ2v) is 8.03. The Balaban J connectivity index is 1.86. The van der Waals surface area contributed by atoms with Gasteiger partial charge in [-0.05, 0) is 12.0 Å². The van der Waals surface area contributed by atoms with E-state index in [1.54, 1.807) is 23.5 Å². The summed E-state index contributed by atoms with van der Waals surface area (Å²) in [5, 5.41) is -0.0965. The largest absolute Gasteiger partial charge is 0.423 e. The second kappa shape index (κ2) is 8.45. The maximum absolute atomic E-state index is 12.3. The summed E-state index contributed by atoms with van der Waals surface area (Å²) < 4.78 is 6.84. The number of rotatable bonds is 6. The summed E-state index contributed by atoms with van der Waals surface area (Å²) in [5.41, 5.74) is 2.23. The Morgan fingerprint density at radius 2 is 1.71 bits per heavy atom.